The lowest BCUT2D eigenvalue weighted by Gasteiger charge is -2.18. The Kier molecular flexibility index (Phi) is 14.4. The fraction of sp³-hybridized carbons (Fsp3) is 0.643. The topological polar surface area (TPSA) is 140 Å². The zero-order valence-corrected chi connectivity index (χ0v) is 23.6. The van der Waals surface area contributed by atoms with Crippen molar-refractivity contribution in [2.45, 2.75) is 98.8 Å². The van der Waals surface area contributed by atoms with Crippen LogP contribution in [-0.4, -0.2) is 48.9 Å². The highest BCUT2D eigenvalue weighted by Gasteiger charge is 2.22. The number of hydrogen-bond donors (Lipinski definition) is 1. The molecule has 0 aliphatic heterocycles. The number of rotatable bonds is 15. The van der Waals surface area contributed by atoms with Crippen molar-refractivity contribution in [1.82, 2.24) is 0 Å². The van der Waals surface area contributed by atoms with E-state index >= 15 is 0 Å². The molecule has 0 radical (unpaired) electrons. The summed E-state index contributed by atoms with van der Waals surface area (Å²) in [4.78, 5) is 48.8. The van der Waals surface area contributed by atoms with Crippen LogP contribution in [-0.2, 0) is 35.0 Å². The van der Waals surface area contributed by atoms with Crippen molar-refractivity contribution < 1.29 is 42.9 Å². The monoisotopic (exact) mass is 537 g/mol. The van der Waals surface area contributed by atoms with Gasteiger partial charge in [-0.3, -0.25) is 14.4 Å². The molecule has 1 aromatic carbocycles. The molecule has 0 saturated heterocycles. The molecule has 0 amide bonds. The summed E-state index contributed by atoms with van der Waals surface area (Å²) in [7, 11) is 0. The normalized spacial score (nSPS) is 14.1. The van der Waals surface area contributed by atoms with E-state index in [4.69, 9.17) is 29.4 Å². The van der Waals surface area contributed by atoms with Crippen LogP contribution in [0, 0.1) is 11.8 Å². The van der Waals surface area contributed by atoms with Crippen LogP contribution in [0.5, 0.6) is 11.5 Å². The van der Waals surface area contributed by atoms with Gasteiger partial charge in [0.2, 0.25) is 0 Å². The smallest absolute Gasteiger partial charge is 0.458 e. The van der Waals surface area contributed by atoms with Crippen molar-refractivity contribution in [1.29, 1.82) is 0 Å². The zero-order chi connectivity index (χ0) is 28.8. The van der Waals surface area contributed by atoms with Gasteiger partial charge in [-0.1, -0.05) is 46.6 Å². The highest BCUT2D eigenvalue weighted by molar-refractivity contribution is 5.77. The molecule has 0 aliphatic rings. The van der Waals surface area contributed by atoms with Gasteiger partial charge < -0.3 is 29.4 Å². The maximum atomic E-state index is 12.5. The van der Waals surface area contributed by atoms with Gasteiger partial charge in [-0.2, -0.15) is 0 Å². The Morgan fingerprint density at radius 3 is 1.89 bits per heavy atom. The minimum Gasteiger partial charge on any atom is -0.458 e. The Balaban J connectivity index is 2.90. The van der Waals surface area contributed by atoms with E-state index in [2.05, 4.69) is 0 Å². The fourth-order valence-electron chi connectivity index (χ4n) is 3.10. The van der Waals surface area contributed by atoms with Crippen LogP contribution in [0.3, 0.4) is 0 Å². The van der Waals surface area contributed by atoms with Gasteiger partial charge in [0.05, 0.1) is 6.10 Å². The molecule has 0 spiro atoms. The molecule has 4 atom stereocenters. The Morgan fingerprint density at radius 1 is 0.816 bits per heavy atom. The van der Waals surface area contributed by atoms with Crippen molar-refractivity contribution in [3.8, 4) is 11.5 Å². The highest BCUT2D eigenvalue weighted by Crippen LogP contribution is 2.30. The van der Waals surface area contributed by atoms with Crippen LogP contribution >= 0.6 is 0 Å². The number of hydrogen-bond acceptors (Lipinski definition) is 10. The van der Waals surface area contributed by atoms with E-state index < -0.39 is 36.2 Å². The third-order valence-electron chi connectivity index (χ3n) is 5.72. The molecule has 2 unspecified atom stereocenters. The van der Waals surface area contributed by atoms with E-state index in [9.17, 15) is 19.2 Å². The number of esters is 3. The zero-order valence-electron chi connectivity index (χ0n) is 23.6. The summed E-state index contributed by atoms with van der Waals surface area (Å²) in [6.45, 7) is 12.6. The molecule has 0 fully saturated rings. The van der Waals surface area contributed by atoms with Crippen molar-refractivity contribution in [3.63, 3.8) is 0 Å². The van der Waals surface area contributed by atoms with Crippen molar-refractivity contribution >= 4 is 24.1 Å². The van der Waals surface area contributed by atoms with Gasteiger partial charge in [0.25, 0.3) is 0 Å². The van der Waals surface area contributed by atoms with E-state index in [1.807, 2.05) is 27.7 Å². The van der Waals surface area contributed by atoms with Crippen LogP contribution in [0.2, 0.25) is 0 Å². The minimum absolute atomic E-state index is 0.0683. The molecular weight excluding hydrogens is 494 g/mol. The Hall–Kier alpha value is -3.14. The lowest BCUT2D eigenvalue weighted by molar-refractivity contribution is -0.152. The van der Waals surface area contributed by atoms with Gasteiger partial charge in [0.1, 0.15) is 18.8 Å². The molecule has 2 N–H and O–H groups in total. The summed E-state index contributed by atoms with van der Waals surface area (Å²) in [6.07, 6.45) is 0.215. The van der Waals surface area contributed by atoms with Gasteiger partial charge in [-0.25, -0.2) is 4.79 Å². The molecule has 1 aromatic rings. The largest absolute Gasteiger partial charge is 0.508 e. The van der Waals surface area contributed by atoms with Crippen LogP contribution in [0.1, 0.15) is 79.7 Å². The number of carbonyl (C=O) groups excluding carboxylic acids is 4. The van der Waals surface area contributed by atoms with Gasteiger partial charge in [0.15, 0.2) is 11.5 Å². The van der Waals surface area contributed by atoms with E-state index in [-0.39, 0.29) is 55.3 Å². The van der Waals surface area contributed by atoms with E-state index in [0.29, 0.717) is 5.56 Å². The summed E-state index contributed by atoms with van der Waals surface area (Å²) >= 11 is 0. The average Bonchev–Trinajstić information content (AvgIpc) is 2.83. The van der Waals surface area contributed by atoms with Gasteiger partial charge in [-0.05, 0) is 56.7 Å². The maximum Gasteiger partial charge on any atom is 0.508 e. The third kappa shape index (κ3) is 12.9. The quantitative estimate of drug-likeness (QED) is 0.246. The molecule has 10 nitrogen and oxygen atoms in total. The van der Waals surface area contributed by atoms with E-state index in [1.165, 1.54) is 12.1 Å². The molecule has 10 heteroatoms. The van der Waals surface area contributed by atoms with Crippen molar-refractivity contribution in [3.05, 3.63) is 23.8 Å². The van der Waals surface area contributed by atoms with E-state index in [0.717, 1.165) is 12.8 Å². The molecule has 38 heavy (non-hydrogen) atoms. The molecule has 1 rings (SSSR count). The van der Waals surface area contributed by atoms with Crippen LogP contribution in [0.15, 0.2) is 18.2 Å². The number of nitrogens with two attached hydrogens (primary N) is 1. The summed E-state index contributed by atoms with van der Waals surface area (Å²) in [5.41, 5.74) is 6.62. The molecular formula is C28H43NO9. The standard InChI is InChI=1S/C28H43NO9/c1-8-18(5)12-25(30)37-23-11-10-21(15-24(23)38-26(31)13-19(6)9-2)14-22(29)27(32)36-20(7)16-34-28(33)35-17(3)4/h10-11,15,17-20,22H,8-9,12-14,16,29H2,1-7H3/t18?,19?,20-,22-/m0/s1. The summed E-state index contributed by atoms with van der Waals surface area (Å²) in [5.74, 6) is -1.10. The van der Waals surface area contributed by atoms with Gasteiger partial charge in [0, 0.05) is 12.8 Å². The van der Waals surface area contributed by atoms with Gasteiger partial charge in [-0.15, -0.1) is 0 Å². The third-order valence-corrected chi connectivity index (χ3v) is 5.72. The predicted molar refractivity (Wildman–Crippen MR) is 141 cm³/mol. The lowest BCUT2D eigenvalue weighted by atomic mass is 10.0. The second-order valence-electron chi connectivity index (χ2n) is 9.95. The molecule has 0 aliphatic carbocycles. The molecule has 214 valence electrons. The average molecular weight is 538 g/mol. The number of benzene rings is 1. The predicted octanol–water partition coefficient (Wildman–Crippen LogP) is 4.73. The second-order valence-corrected chi connectivity index (χ2v) is 9.95. The van der Waals surface area contributed by atoms with Crippen molar-refractivity contribution in [2.75, 3.05) is 6.61 Å². The first-order valence-electron chi connectivity index (χ1n) is 13.2. The molecule has 0 saturated carbocycles. The van der Waals surface area contributed by atoms with Gasteiger partial charge >= 0.3 is 24.1 Å². The Morgan fingerprint density at radius 2 is 1.37 bits per heavy atom. The summed E-state index contributed by atoms with van der Waals surface area (Å²) in [5, 5.41) is 0. The highest BCUT2D eigenvalue weighted by atomic mass is 16.7. The molecule has 0 bridgehead atoms. The SMILES string of the molecule is CCC(C)CC(=O)Oc1ccc(C[C@H](N)C(=O)O[C@@H](C)COC(=O)OC(C)C)cc1OC(=O)CC(C)CC. The molecule has 0 aromatic heterocycles. The molecule has 0 heterocycles. The Labute approximate surface area is 225 Å². The maximum absolute atomic E-state index is 12.5. The number of carbonyl (C=O) groups is 4. The first-order chi connectivity index (χ1) is 17.8. The Bertz CT molecular complexity index is 931. The first kappa shape index (κ1) is 32.9. The van der Waals surface area contributed by atoms with Crippen molar-refractivity contribution in [2.24, 2.45) is 17.6 Å². The van der Waals surface area contributed by atoms with E-state index in [1.54, 1.807) is 26.8 Å². The van der Waals surface area contributed by atoms with Crippen LogP contribution in [0.4, 0.5) is 4.79 Å². The summed E-state index contributed by atoms with van der Waals surface area (Å²) < 4.78 is 26.1. The number of ether oxygens (including phenoxy) is 5. The summed E-state index contributed by atoms with van der Waals surface area (Å²) in [6, 6.07) is 3.65. The lowest BCUT2D eigenvalue weighted by Crippen LogP contribution is -2.37. The van der Waals surface area contributed by atoms with Crippen LogP contribution in [0.25, 0.3) is 0 Å². The fourth-order valence-corrected chi connectivity index (χ4v) is 3.10. The second kappa shape index (κ2) is 16.7. The first-order valence-corrected chi connectivity index (χ1v) is 13.2. The van der Waals surface area contributed by atoms with Crippen LogP contribution < -0.4 is 15.2 Å². The minimum atomic E-state index is -1.04.